The highest BCUT2D eigenvalue weighted by atomic mass is 16.5. The number of nitrogens with zero attached hydrogens (tertiary/aromatic N) is 1. The molecule has 76 valence electrons. The fourth-order valence-corrected chi connectivity index (χ4v) is 1.07. The summed E-state index contributed by atoms with van der Waals surface area (Å²) in [6.45, 7) is 2.15. The van der Waals surface area contributed by atoms with E-state index in [9.17, 15) is 4.79 Å². The van der Waals surface area contributed by atoms with Gasteiger partial charge in [0.25, 0.3) is 0 Å². The third-order valence-electron chi connectivity index (χ3n) is 1.76. The van der Waals surface area contributed by atoms with Gasteiger partial charge in [0, 0.05) is 7.05 Å². The van der Waals surface area contributed by atoms with Crippen LogP contribution in [0.4, 0.5) is 5.69 Å². The SMILES string of the molecule is CCOC(=O)c1cccc(N(C)N)c1. The number of esters is 1. The van der Waals surface area contributed by atoms with Crippen LogP contribution < -0.4 is 10.9 Å². The fraction of sp³-hybridized carbons (Fsp3) is 0.300. The molecule has 0 amide bonds. The summed E-state index contributed by atoms with van der Waals surface area (Å²) >= 11 is 0. The van der Waals surface area contributed by atoms with Crippen LogP contribution in [-0.2, 0) is 4.74 Å². The number of anilines is 1. The van der Waals surface area contributed by atoms with Crippen molar-refractivity contribution < 1.29 is 9.53 Å². The number of nitrogens with two attached hydrogens (primary N) is 1. The Kier molecular flexibility index (Phi) is 3.48. The molecule has 0 aromatic heterocycles. The number of hydrazine groups is 1. The van der Waals surface area contributed by atoms with Crippen LogP contribution in [0, 0.1) is 0 Å². The summed E-state index contributed by atoms with van der Waals surface area (Å²) in [4.78, 5) is 11.3. The smallest absolute Gasteiger partial charge is 0.338 e. The van der Waals surface area contributed by atoms with E-state index in [1.54, 1.807) is 32.2 Å². The van der Waals surface area contributed by atoms with Crippen LogP contribution in [0.3, 0.4) is 0 Å². The van der Waals surface area contributed by atoms with Gasteiger partial charge in [-0.2, -0.15) is 0 Å². The van der Waals surface area contributed by atoms with Gasteiger partial charge in [0.15, 0.2) is 0 Å². The molecule has 14 heavy (non-hydrogen) atoms. The van der Waals surface area contributed by atoms with Crippen LogP contribution in [-0.4, -0.2) is 19.6 Å². The van der Waals surface area contributed by atoms with E-state index in [2.05, 4.69) is 0 Å². The predicted molar refractivity (Wildman–Crippen MR) is 55.0 cm³/mol. The number of hydrogen-bond donors (Lipinski definition) is 1. The lowest BCUT2D eigenvalue weighted by molar-refractivity contribution is 0.0526. The van der Waals surface area contributed by atoms with Crippen LogP contribution in [0.25, 0.3) is 0 Å². The summed E-state index contributed by atoms with van der Waals surface area (Å²) in [6.07, 6.45) is 0. The van der Waals surface area contributed by atoms with Crippen LogP contribution in [0.1, 0.15) is 17.3 Å². The minimum atomic E-state index is -0.323. The van der Waals surface area contributed by atoms with Crippen molar-refractivity contribution in [1.82, 2.24) is 0 Å². The monoisotopic (exact) mass is 194 g/mol. The van der Waals surface area contributed by atoms with E-state index >= 15 is 0 Å². The molecule has 0 aliphatic heterocycles. The van der Waals surface area contributed by atoms with E-state index in [0.717, 1.165) is 5.69 Å². The molecule has 0 unspecified atom stereocenters. The maximum atomic E-state index is 11.3. The molecular weight excluding hydrogens is 180 g/mol. The molecule has 1 rings (SSSR count). The zero-order valence-electron chi connectivity index (χ0n) is 8.36. The van der Waals surface area contributed by atoms with Gasteiger partial charge < -0.3 is 9.75 Å². The van der Waals surface area contributed by atoms with E-state index in [1.165, 1.54) is 5.01 Å². The number of carbonyl (C=O) groups is 1. The van der Waals surface area contributed by atoms with E-state index in [4.69, 9.17) is 10.6 Å². The first kappa shape index (κ1) is 10.5. The van der Waals surface area contributed by atoms with Gasteiger partial charge in [-0.15, -0.1) is 0 Å². The van der Waals surface area contributed by atoms with E-state index in [-0.39, 0.29) is 5.97 Å². The molecule has 0 spiro atoms. The zero-order chi connectivity index (χ0) is 10.6. The first-order valence-electron chi connectivity index (χ1n) is 4.40. The first-order valence-corrected chi connectivity index (χ1v) is 4.40. The Balaban J connectivity index is 2.88. The van der Waals surface area contributed by atoms with Gasteiger partial charge in [-0.25, -0.2) is 10.6 Å². The minimum Gasteiger partial charge on any atom is -0.462 e. The van der Waals surface area contributed by atoms with Gasteiger partial charge >= 0.3 is 5.97 Å². The molecule has 0 saturated heterocycles. The number of ether oxygens (including phenoxy) is 1. The van der Waals surface area contributed by atoms with Gasteiger partial charge in [-0.05, 0) is 25.1 Å². The molecule has 0 saturated carbocycles. The van der Waals surface area contributed by atoms with Crippen LogP contribution in [0.15, 0.2) is 24.3 Å². The van der Waals surface area contributed by atoms with E-state index in [0.29, 0.717) is 12.2 Å². The van der Waals surface area contributed by atoms with Crippen molar-refractivity contribution in [2.24, 2.45) is 5.84 Å². The second-order valence-corrected chi connectivity index (χ2v) is 2.88. The number of carbonyl (C=O) groups excluding carboxylic acids is 1. The summed E-state index contributed by atoms with van der Waals surface area (Å²) in [5, 5.41) is 1.45. The van der Waals surface area contributed by atoms with Gasteiger partial charge in [0.1, 0.15) is 0 Å². The van der Waals surface area contributed by atoms with Crippen molar-refractivity contribution in [2.75, 3.05) is 18.7 Å². The topological polar surface area (TPSA) is 55.6 Å². The quantitative estimate of drug-likeness (QED) is 0.446. The summed E-state index contributed by atoms with van der Waals surface area (Å²) in [6, 6.07) is 6.98. The Bertz CT molecular complexity index is 324. The Hall–Kier alpha value is -1.55. The summed E-state index contributed by atoms with van der Waals surface area (Å²) in [5.74, 6) is 5.21. The molecule has 1 aromatic carbocycles. The van der Waals surface area contributed by atoms with Crippen LogP contribution in [0.5, 0.6) is 0 Å². The molecule has 0 aliphatic carbocycles. The number of benzene rings is 1. The molecule has 0 fully saturated rings. The zero-order valence-corrected chi connectivity index (χ0v) is 8.36. The van der Waals surface area contributed by atoms with Gasteiger partial charge in [0.05, 0.1) is 17.9 Å². The van der Waals surface area contributed by atoms with Crippen molar-refractivity contribution in [3.8, 4) is 0 Å². The van der Waals surface area contributed by atoms with Crippen molar-refractivity contribution >= 4 is 11.7 Å². The minimum absolute atomic E-state index is 0.323. The van der Waals surface area contributed by atoms with Gasteiger partial charge in [0.2, 0.25) is 0 Å². The molecule has 0 atom stereocenters. The van der Waals surface area contributed by atoms with Crippen molar-refractivity contribution in [3.63, 3.8) is 0 Å². The van der Waals surface area contributed by atoms with Crippen molar-refractivity contribution in [3.05, 3.63) is 29.8 Å². The summed E-state index contributed by atoms with van der Waals surface area (Å²) in [7, 11) is 1.71. The molecule has 0 aliphatic rings. The maximum Gasteiger partial charge on any atom is 0.338 e. The normalized spacial score (nSPS) is 9.64. The van der Waals surface area contributed by atoms with E-state index < -0.39 is 0 Å². The van der Waals surface area contributed by atoms with Gasteiger partial charge in [-0.3, -0.25) is 0 Å². The first-order chi connectivity index (χ1) is 6.65. The number of rotatable bonds is 3. The lowest BCUT2D eigenvalue weighted by atomic mass is 10.2. The predicted octanol–water partition coefficient (Wildman–Crippen LogP) is 1.17. The van der Waals surface area contributed by atoms with Crippen molar-refractivity contribution in [1.29, 1.82) is 0 Å². The molecule has 4 nitrogen and oxygen atoms in total. The average Bonchev–Trinajstić information content (AvgIpc) is 2.18. The fourth-order valence-electron chi connectivity index (χ4n) is 1.07. The lowest BCUT2D eigenvalue weighted by Gasteiger charge is -2.12. The molecule has 4 heteroatoms. The second kappa shape index (κ2) is 4.62. The van der Waals surface area contributed by atoms with E-state index in [1.807, 2.05) is 6.07 Å². The van der Waals surface area contributed by atoms with Crippen LogP contribution in [0.2, 0.25) is 0 Å². The van der Waals surface area contributed by atoms with Crippen LogP contribution >= 0.6 is 0 Å². The maximum absolute atomic E-state index is 11.3. The molecular formula is C10H14N2O2. The summed E-state index contributed by atoms with van der Waals surface area (Å²) < 4.78 is 4.86. The molecule has 0 heterocycles. The Labute approximate surface area is 83.2 Å². The highest BCUT2D eigenvalue weighted by Gasteiger charge is 2.06. The summed E-state index contributed by atoms with van der Waals surface area (Å²) in [5.41, 5.74) is 1.29. The van der Waals surface area contributed by atoms with Crippen molar-refractivity contribution in [2.45, 2.75) is 6.92 Å². The Morgan fingerprint density at radius 1 is 1.57 bits per heavy atom. The Morgan fingerprint density at radius 2 is 2.29 bits per heavy atom. The molecule has 2 N–H and O–H groups in total. The highest BCUT2D eigenvalue weighted by Crippen LogP contribution is 2.12. The number of hydrogen-bond acceptors (Lipinski definition) is 4. The molecule has 0 radical (unpaired) electrons. The Morgan fingerprint density at radius 3 is 2.86 bits per heavy atom. The third kappa shape index (κ3) is 2.47. The largest absolute Gasteiger partial charge is 0.462 e. The average molecular weight is 194 g/mol. The standard InChI is InChI=1S/C10H14N2O2/c1-3-14-10(13)8-5-4-6-9(7-8)12(2)11/h4-7H,3,11H2,1-2H3. The van der Waals surface area contributed by atoms with Gasteiger partial charge in [-0.1, -0.05) is 6.07 Å². The lowest BCUT2D eigenvalue weighted by Crippen LogP contribution is -2.25. The molecule has 1 aromatic rings. The third-order valence-corrected chi connectivity index (χ3v) is 1.76. The highest BCUT2D eigenvalue weighted by molar-refractivity contribution is 5.90. The molecule has 0 bridgehead atoms. The second-order valence-electron chi connectivity index (χ2n) is 2.88.